The van der Waals surface area contributed by atoms with Crippen molar-refractivity contribution in [1.82, 2.24) is 15.2 Å². The Kier molecular flexibility index (Phi) is 4.12. The average Bonchev–Trinajstić information content (AvgIpc) is 2.86. The van der Waals surface area contributed by atoms with Gasteiger partial charge in [-0.25, -0.2) is 13.4 Å². The summed E-state index contributed by atoms with van der Waals surface area (Å²) in [5.41, 5.74) is -1.07. The molecule has 5 nitrogen and oxygen atoms in total. The van der Waals surface area contributed by atoms with Gasteiger partial charge in [-0.05, 0) is 6.92 Å². The molecule has 2 aromatic heterocycles. The van der Waals surface area contributed by atoms with Crippen molar-refractivity contribution in [3.05, 3.63) is 26.1 Å². The Morgan fingerprint density at radius 3 is 2.35 bits per heavy atom. The molecular weight excluding hydrogens is 335 g/mol. The number of rotatable bonds is 4. The fourth-order valence-electron chi connectivity index (χ4n) is 1.33. The summed E-state index contributed by atoms with van der Waals surface area (Å²) in [4.78, 5) is 3.30. The van der Waals surface area contributed by atoms with Gasteiger partial charge >= 0.3 is 6.18 Å². The second-order valence-corrected chi connectivity index (χ2v) is 8.14. The molecule has 20 heavy (non-hydrogen) atoms. The molecular formula is C9H8F3N3O2S3. The van der Waals surface area contributed by atoms with Gasteiger partial charge in [0.25, 0.3) is 0 Å². The van der Waals surface area contributed by atoms with Crippen molar-refractivity contribution in [1.29, 1.82) is 0 Å². The van der Waals surface area contributed by atoms with Gasteiger partial charge in [0, 0.05) is 5.38 Å². The van der Waals surface area contributed by atoms with E-state index in [1.807, 2.05) is 0 Å². The summed E-state index contributed by atoms with van der Waals surface area (Å²) in [6.45, 7) is 1.68. The smallest absolute Gasteiger partial charge is 0.236 e. The number of alkyl halides is 3. The summed E-state index contributed by atoms with van der Waals surface area (Å²) < 4.78 is 60.8. The van der Waals surface area contributed by atoms with Gasteiger partial charge < -0.3 is 0 Å². The van der Waals surface area contributed by atoms with Crippen LogP contribution in [0.15, 0.2) is 5.38 Å². The van der Waals surface area contributed by atoms with E-state index in [-0.39, 0.29) is 10.8 Å². The molecule has 0 amide bonds. The predicted molar refractivity (Wildman–Crippen MR) is 68.1 cm³/mol. The van der Waals surface area contributed by atoms with Crippen LogP contribution in [0.5, 0.6) is 0 Å². The van der Waals surface area contributed by atoms with E-state index in [4.69, 9.17) is 0 Å². The predicted octanol–water partition coefficient (Wildman–Crippen LogP) is 2.44. The van der Waals surface area contributed by atoms with Gasteiger partial charge in [0.2, 0.25) is 0 Å². The minimum atomic E-state index is -4.56. The minimum absolute atomic E-state index is 0.0847. The number of aryl methyl sites for hydroxylation is 1. The van der Waals surface area contributed by atoms with Crippen molar-refractivity contribution in [3.63, 3.8) is 0 Å². The van der Waals surface area contributed by atoms with E-state index in [1.165, 1.54) is 0 Å². The molecule has 2 aromatic rings. The molecule has 0 atom stereocenters. The number of halogens is 3. The maximum atomic E-state index is 12.4. The third-order valence-electron chi connectivity index (χ3n) is 2.10. The first-order chi connectivity index (χ1) is 9.16. The van der Waals surface area contributed by atoms with E-state index in [2.05, 4.69) is 15.2 Å². The van der Waals surface area contributed by atoms with Crippen molar-refractivity contribution in [3.8, 4) is 0 Å². The highest BCUT2D eigenvalue weighted by atomic mass is 32.2. The van der Waals surface area contributed by atoms with Crippen LogP contribution in [0.4, 0.5) is 13.2 Å². The number of sulfone groups is 1. The average molecular weight is 343 g/mol. The largest absolute Gasteiger partial charge is 0.434 e. The zero-order valence-corrected chi connectivity index (χ0v) is 12.5. The summed E-state index contributed by atoms with van der Waals surface area (Å²) in [7, 11) is -3.62. The molecule has 0 aliphatic rings. The second kappa shape index (κ2) is 5.37. The van der Waals surface area contributed by atoms with E-state index >= 15 is 0 Å². The highest BCUT2D eigenvalue weighted by Gasteiger charge is 2.34. The number of hydrogen-bond acceptors (Lipinski definition) is 7. The van der Waals surface area contributed by atoms with Gasteiger partial charge in [-0.3, -0.25) is 0 Å². The van der Waals surface area contributed by atoms with Crippen LogP contribution < -0.4 is 0 Å². The standard InChI is InChI=1S/C9H8F3N3O2S3/c1-5-14-15-8(19-5)4-20(16,17)3-7-13-6(2-18-7)9(10,11)12/h2H,3-4H2,1H3. The zero-order valence-electron chi connectivity index (χ0n) is 10.0. The van der Waals surface area contributed by atoms with Crippen LogP contribution in [-0.2, 0) is 27.5 Å². The zero-order chi connectivity index (χ0) is 15.0. The first-order valence-electron chi connectivity index (χ1n) is 5.17. The Labute approximate surface area is 120 Å². The molecule has 0 N–H and O–H groups in total. The Balaban J connectivity index is 2.10. The lowest BCUT2D eigenvalue weighted by atomic mass is 10.5. The molecule has 0 saturated carbocycles. The number of nitrogens with zero attached hydrogens (tertiary/aromatic N) is 3. The number of thiazole rings is 1. The van der Waals surface area contributed by atoms with Crippen molar-refractivity contribution in [2.75, 3.05) is 0 Å². The number of hydrogen-bond donors (Lipinski definition) is 0. The summed E-state index contributed by atoms with van der Waals surface area (Å²) >= 11 is 1.81. The molecule has 110 valence electrons. The van der Waals surface area contributed by atoms with Gasteiger partial charge in [-0.2, -0.15) is 13.2 Å². The van der Waals surface area contributed by atoms with Crippen LogP contribution in [0.25, 0.3) is 0 Å². The van der Waals surface area contributed by atoms with Crippen LogP contribution in [0.3, 0.4) is 0 Å². The van der Waals surface area contributed by atoms with Crippen LogP contribution in [-0.4, -0.2) is 23.6 Å². The summed E-state index contributed by atoms with van der Waals surface area (Å²) in [6, 6.07) is 0. The molecule has 0 aliphatic carbocycles. The molecule has 0 aliphatic heterocycles. The minimum Gasteiger partial charge on any atom is -0.236 e. The normalized spacial score (nSPS) is 12.8. The maximum Gasteiger partial charge on any atom is 0.434 e. The molecule has 0 bridgehead atoms. The second-order valence-electron chi connectivity index (χ2n) is 3.87. The summed E-state index contributed by atoms with van der Waals surface area (Å²) in [5.74, 6) is -0.883. The molecule has 0 fully saturated rings. The first-order valence-corrected chi connectivity index (χ1v) is 8.68. The van der Waals surface area contributed by atoms with E-state index < -0.39 is 27.5 Å². The third-order valence-corrected chi connectivity index (χ3v) is 5.58. The molecule has 0 saturated heterocycles. The Morgan fingerprint density at radius 1 is 1.20 bits per heavy atom. The Hall–Kier alpha value is -1.07. The molecule has 0 spiro atoms. The van der Waals surface area contributed by atoms with Crippen LogP contribution in [0, 0.1) is 6.92 Å². The van der Waals surface area contributed by atoms with Crippen LogP contribution >= 0.6 is 22.7 Å². The number of aromatic nitrogens is 3. The molecule has 2 heterocycles. The van der Waals surface area contributed by atoms with Crippen molar-refractivity contribution in [2.45, 2.75) is 24.6 Å². The quantitative estimate of drug-likeness (QED) is 0.852. The highest BCUT2D eigenvalue weighted by Crippen LogP contribution is 2.30. The molecule has 0 aromatic carbocycles. The molecule has 11 heteroatoms. The van der Waals surface area contributed by atoms with Crippen molar-refractivity contribution >= 4 is 32.5 Å². The van der Waals surface area contributed by atoms with Crippen molar-refractivity contribution < 1.29 is 21.6 Å². The van der Waals surface area contributed by atoms with E-state index in [9.17, 15) is 21.6 Å². The SMILES string of the molecule is Cc1nnc(CS(=O)(=O)Cc2nc(C(F)(F)F)cs2)s1. The fraction of sp³-hybridized carbons (Fsp3) is 0.444. The van der Waals surface area contributed by atoms with Gasteiger partial charge in [0.15, 0.2) is 15.5 Å². The van der Waals surface area contributed by atoms with Crippen LogP contribution in [0.2, 0.25) is 0 Å². The lowest BCUT2D eigenvalue weighted by Gasteiger charge is -2.01. The highest BCUT2D eigenvalue weighted by molar-refractivity contribution is 7.90. The Bertz CT molecular complexity index is 705. The van der Waals surface area contributed by atoms with Crippen molar-refractivity contribution in [2.24, 2.45) is 0 Å². The van der Waals surface area contributed by atoms with E-state index in [1.54, 1.807) is 6.92 Å². The monoisotopic (exact) mass is 343 g/mol. The lowest BCUT2D eigenvalue weighted by molar-refractivity contribution is -0.140. The van der Waals surface area contributed by atoms with E-state index in [0.717, 1.165) is 16.7 Å². The summed E-state index contributed by atoms with van der Waals surface area (Å²) in [5, 5.41) is 9.03. The Morgan fingerprint density at radius 2 is 1.85 bits per heavy atom. The maximum absolute atomic E-state index is 12.4. The third kappa shape index (κ3) is 3.96. The van der Waals surface area contributed by atoms with Gasteiger partial charge in [-0.1, -0.05) is 0 Å². The van der Waals surface area contributed by atoms with E-state index in [0.29, 0.717) is 21.4 Å². The molecule has 0 radical (unpaired) electrons. The van der Waals surface area contributed by atoms with Gasteiger partial charge in [0.1, 0.15) is 26.5 Å². The summed E-state index contributed by atoms with van der Waals surface area (Å²) in [6.07, 6.45) is -4.56. The van der Waals surface area contributed by atoms with Gasteiger partial charge in [-0.15, -0.1) is 32.9 Å². The topological polar surface area (TPSA) is 72.8 Å². The fourth-order valence-corrected chi connectivity index (χ4v) is 4.98. The lowest BCUT2D eigenvalue weighted by Crippen LogP contribution is -2.09. The first kappa shape index (κ1) is 15.3. The molecule has 0 unspecified atom stereocenters. The van der Waals surface area contributed by atoms with Gasteiger partial charge in [0.05, 0.1) is 0 Å². The molecule has 2 rings (SSSR count). The van der Waals surface area contributed by atoms with Crippen LogP contribution in [0.1, 0.15) is 20.7 Å².